The van der Waals surface area contributed by atoms with Gasteiger partial charge >= 0.3 is 0 Å². The van der Waals surface area contributed by atoms with E-state index < -0.39 is 0 Å². The van der Waals surface area contributed by atoms with Gasteiger partial charge in [0.05, 0.1) is 6.20 Å². The Morgan fingerprint density at radius 1 is 1.65 bits per heavy atom. The Balaban J connectivity index is 2.10. The van der Waals surface area contributed by atoms with Gasteiger partial charge in [0.25, 0.3) is 5.95 Å². The first-order chi connectivity index (χ1) is 8.20. The number of carbonyl (C=O) groups is 1. The van der Waals surface area contributed by atoms with Crippen LogP contribution in [-0.4, -0.2) is 34.2 Å². The second-order valence-corrected chi connectivity index (χ2v) is 4.38. The number of aromatic nitrogens is 3. The Morgan fingerprint density at radius 2 is 2.47 bits per heavy atom. The van der Waals surface area contributed by atoms with E-state index in [4.69, 9.17) is 5.53 Å². The van der Waals surface area contributed by atoms with Crippen LogP contribution in [0.2, 0.25) is 0 Å². The second kappa shape index (κ2) is 5.07. The average molecular weight is 298 g/mol. The quantitative estimate of drug-likeness (QED) is 0.476. The monoisotopic (exact) mass is 297 g/mol. The molecule has 2 rings (SSSR count). The molecule has 8 nitrogen and oxygen atoms in total. The molecule has 1 amide bonds. The molecule has 0 saturated carbocycles. The molecule has 0 aromatic carbocycles. The van der Waals surface area contributed by atoms with Crippen LogP contribution in [0.3, 0.4) is 0 Å². The van der Waals surface area contributed by atoms with Crippen molar-refractivity contribution in [2.45, 2.75) is 6.42 Å². The lowest BCUT2D eigenvalue weighted by Crippen LogP contribution is -2.27. The molecule has 1 aromatic heterocycles. The summed E-state index contributed by atoms with van der Waals surface area (Å²) < 4.78 is 0.513. The molecule has 0 radical (unpaired) electrons. The topological polar surface area (TPSA) is 108 Å². The zero-order chi connectivity index (χ0) is 12.3. The lowest BCUT2D eigenvalue weighted by molar-refractivity contribution is -0.117. The number of rotatable bonds is 3. The van der Waals surface area contributed by atoms with Crippen molar-refractivity contribution in [1.29, 1.82) is 0 Å². The van der Waals surface area contributed by atoms with Gasteiger partial charge in [-0.2, -0.15) is 0 Å². The van der Waals surface area contributed by atoms with E-state index in [0.29, 0.717) is 24.1 Å². The van der Waals surface area contributed by atoms with Crippen LogP contribution >= 0.6 is 15.9 Å². The van der Waals surface area contributed by atoms with Crippen molar-refractivity contribution in [3.8, 4) is 0 Å². The van der Waals surface area contributed by atoms with Gasteiger partial charge in [0.2, 0.25) is 5.91 Å². The molecule has 1 aromatic rings. The minimum atomic E-state index is -0.0766. The summed E-state index contributed by atoms with van der Waals surface area (Å²) in [4.78, 5) is 19.8. The first-order valence-corrected chi connectivity index (χ1v) is 5.66. The lowest BCUT2D eigenvalue weighted by Gasteiger charge is -2.12. The van der Waals surface area contributed by atoms with Crippen molar-refractivity contribution in [2.24, 2.45) is 11.0 Å². The molecule has 0 aliphatic carbocycles. The van der Waals surface area contributed by atoms with Crippen molar-refractivity contribution < 1.29 is 4.79 Å². The average Bonchev–Trinajstić information content (AvgIpc) is 2.69. The van der Waals surface area contributed by atoms with Crippen LogP contribution in [0.1, 0.15) is 6.42 Å². The zero-order valence-electron chi connectivity index (χ0n) is 8.69. The molecule has 0 N–H and O–H groups in total. The number of halogens is 1. The van der Waals surface area contributed by atoms with Gasteiger partial charge in [-0.05, 0) is 27.4 Å². The van der Waals surface area contributed by atoms with Gasteiger partial charge in [-0.1, -0.05) is 5.11 Å². The molecule has 0 bridgehead atoms. The highest BCUT2D eigenvalue weighted by atomic mass is 79.9. The van der Waals surface area contributed by atoms with Gasteiger partial charge in [0.15, 0.2) is 0 Å². The van der Waals surface area contributed by atoms with Crippen molar-refractivity contribution in [2.75, 3.05) is 18.0 Å². The fraction of sp³-hybridized carbons (Fsp3) is 0.500. The van der Waals surface area contributed by atoms with E-state index in [1.807, 2.05) is 0 Å². The van der Waals surface area contributed by atoms with Gasteiger partial charge in [0.1, 0.15) is 4.60 Å². The number of anilines is 1. The fourth-order valence-electron chi connectivity index (χ4n) is 1.63. The Bertz CT molecular complexity index is 469. The zero-order valence-corrected chi connectivity index (χ0v) is 10.3. The van der Waals surface area contributed by atoms with Crippen LogP contribution in [0.15, 0.2) is 15.9 Å². The smallest absolute Gasteiger partial charge is 0.252 e. The van der Waals surface area contributed by atoms with Gasteiger partial charge in [-0.3, -0.25) is 9.69 Å². The summed E-state index contributed by atoms with van der Waals surface area (Å²) in [7, 11) is 0. The third kappa shape index (κ3) is 2.69. The number of hydrogen-bond acceptors (Lipinski definition) is 5. The standard InChI is InChI=1S/C8H8BrN7O/c9-6-3-11-8(14-13-6)16-4-5(1-7(16)17)2-12-15-10/h3,5H,1-2,4H2. The summed E-state index contributed by atoms with van der Waals surface area (Å²) in [6.07, 6.45) is 1.83. The molecule has 9 heteroatoms. The van der Waals surface area contributed by atoms with E-state index in [1.54, 1.807) is 0 Å². The maximum atomic E-state index is 11.7. The van der Waals surface area contributed by atoms with Gasteiger partial charge in [0, 0.05) is 24.4 Å². The highest BCUT2D eigenvalue weighted by molar-refractivity contribution is 9.10. The van der Waals surface area contributed by atoms with Crippen LogP contribution in [0.25, 0.3) is 10.4 Å². The molecular weight excluding hydrogens is 290 g/mol. The summed E-state index contributed by atoms with van der Waals surface area (Å²) in [5, 5.41) is 11.1. The molecule has 1 unspecified atom stereocenters. The Labute approximate surface area is 105 Å². The van der Waals surface area contributed by atoms with Crippen LogP contribution < -0.4 is 4.90 Å². The normalized spacial score (nSPS) is 19.2. The fourth-order valence-corrected chi connectivity index (χ4v) is 1.81. The molecule has 88 valence electrons. The number of hydrogen-bond donors (Lipinski definition) is 0. The van der Waals surface area contributed by atoms with E-state index in [1.165, 1.54) is 11.1 Å². The summed E-state index contributed by atoms with van der Waals surface area (Å²) in [5.74, 6) is 0.222. The van der Waals surface area contributed by atoms with Crippen LogP contribution in [0, 0.1) is 5.92 Å². The molecule has 1 saturated heterocycles. The first-order valence-electron chi connectivity index (χ1n) is 4.87. The molecule has 17 heavy (non-hydrogen) atoms. The minimum Gasteiger partial charge on any atom is -0.279 e. The van der Waals surface area contributed by atoms with Crippen LogP contribution in [-0.2, 0) is 4.79 Å². The molecule has 1 aliphatic heterocycles. The molecule has 2 heterocycles. The van der Waals surface area contributed by atoms with Crippen LogP contribution in [0.4, 0.5) is 5.95 Å². The number of nitrogens with zero attached hydrogens (tertiary/aromatic N) is 7. The van der Waals surface area contributed by atoms with Crippen LogP contribution in [0.5, 0.6) is 0 Å². The van der Waals surface area contributed by atoms with Crippen molar-refractivity contribution in [3.05, 3.63) is 21.2 Å². The number of amides is 1. The third-order valence-electron chi connectivity index (χ3n) is 2.37. The Hall–Kier alpha value is -1.73. The highest BCUT2D eigenvalue weighted by Gasteiger charge is 2.31. The third-order valence-corrected chi connectivity index (χ3v) is 2.73. The SMILES string of the molecule is [N-]=[N+]=NCC1CC(=O)N(c2ncc(Br)nn2)C1. The Kier molecular flexibility index (Phi) is 3.50. The maximum Gasteiger partial charge on any atom is 0.252 e. The number of carbonyl (C=O) groups excluding carboxylic acids is 1. The highest BCUT2D eigenvalue weighted by Crippen LogP contribution is 2.22. The van der Waals surface area contributed by atoms with E-state index in [0.717, 1.165) is 0 Å². The van der Waals surface area contributed by atoms with Crippen molar-refractivity contribution in [3.63, 3.8) is 0 Å². The summed E-state index contributed by atoms with van der Waals surface area (Å²) in [6.45, 7) is 0.768. The molecule has 1 atom stereocenters. The van der Waals surface area contributed by atoms with Crippen molar-refractivity contribution >= 4 is 27.8 Å². The molecule has 1 fully saturated rings. The van der Waals surface area contributed by atoms with Gasteiger partial charge in [-0.15, -0.1) is 10.2 Å². The molecule has 0 spiro atoms. The van der Waals surface area contributed by atoms with Gasteiger partial charge < -0.3 is 0 Å². The summed E-state index contributed by atoms with van der Waals surface area (Å²) in [5.41, 5.74) is 8.23. The van der Waals surface area contributed by atoms with E-state index >= 15 is 0 Å². The van der Waals surface area contributed by atoms with Crippen molar-refractivity contribution in [1.82, 2.24) is 15.2 Å². The van der Waals surface area contributed by atoms with Gasteiger partial charge in [-0.25, -0.2) is 4.98 Å². The number of azide groups is 1. The van der Waals surface area contributed by atoms with E-state index in [9.17, 15) is 4.79 Å². The predicted molar refractivity (Wildman–Crippen MR) is 62.0 cm³/mol. The van der Waals surface area contributed by atoms with E-state index in [-0.39, 0.29) is 17.8 Å². The lowest BCUT2D eigenvalue weighted by atomic mass is 10.1. The predicted octanol–water partition coefficient (Wildman–Crippen LogP) is 1.30. The first kappa shape index (κ1) is 11.7. The summed E-state index contributed by atoms with van der Waals surface area (Å²) >= 11 is 3.12. The summed E-state index contributed by atoms with van der Waals surface area (Å²) in [6, 6.07) is 0. The largest absolute Gasteiger partial charge is 0.279 e. The minimum absolute atomic E-state index is 0.0191. The molecular formula is C8H8BrN7O. The second-order valence-electron chi connectivity index (χ2n) is 3.57. The molecule has 1 aliphatic rings. The van der Waals surface area contributed by atoms with E-state index in [2.05, 4.69) is 41.1 Å². The maximum absolute atomic E-state index is 11.7. The Morgan fingerprint density at radius 3 is 3.12 bits per heavy atom.